The summed E-state index contributed by atoms with van der Waals surface area (Å²) in [5.41, 5.74) is 1.33. The van der Waals surface area contributed by atoms with Gasteiger partial charge in [-0.05, 0) is 44.5 Å². The largest absolute Gasteiger partial charge is 0.474 e. The molecule has 4 aromatic rings. The molecular weight excluding hydrogens is 430 g/mol. The molecule has 3 aromatic carbocycles. The number of hydrogen-bond acceptors (Lipinski definition) is 5. The average molecular weight is 458 g/mol. The number of carbonyl (C=O) groups excluding carboxylic acids is 2. The second-order valence-electron chi connectivity index (χ2n) is 8.86. The van der Waals surface area contributed by atoms with Crippen LogP contribution < -0.4 is 4.74 Å². The second kappa shape index (κ2) is 9.83. The van der Waals surface area contributed by atoms with E-state index in [1.807, 2.05) is 66.7 Å². The fourth-order valence-electron chi connectivity index (χ4n) is 3.56. The van der Waals surface area contributed by atoms with Gasteiger partial charge in [0.25, 0.3) is 0 Å². The normalized spacial score (nSPS) is 12.2. The monoisotopic (exact) mass is 457 g/mol. The third-order valence-corrected chi connectivity index (χ3v) is 5.05. The molecule has 1 unspecified atom stereocenters. The summed E-state index contributed by atoms with van der Waals surface area (Å²) >= 11 is 0. The maximum Gasteiger partial charge on any atom is 0.419 e. The van der Waals surface area contributed by atoms with Gasteiger partial charge in [-0.2, -0.15) is 0 Å². The summed E-state index contributed by atoms with van der Waals surface area (Å²) in [6.07, 6.45) is -0.0263. The molecule has 6 heteroatoms. The molecule has 0 aliphatic rings. The van der Waals surface area contributed by atoms with E-state index in [0.29, 0.717) is 22.2 Å². The Kier molecular flexibility index (Phi) is 6.68. The van der Waals surface area contributed by atoms with Crippen molar-refractivity contribution in [1.29, 1.82) is 0 Å². The van der Waals surface area contributed by atoms with Gasteiger partial charge in [0.1, 0.15) is 18.0 Å². The first kappa shape index (κ1) is 23.1. The van der Waals surface area contributed by atoms with Crippen molar-refractivity contribution in [3.8, 4) is 5.75 Å². The molecule has 0 bridgehead atoms. The van der Waals surface area contributed by atoms with Crippen molar-refractivity contribution in [1.82, 2.24) is 4.57 Å². The summed E-state index contributed by atoms with van der Waals surface area (Å²) in [5, 5.41) is 0.700. The number of fused-ring (bicyclic) bond motifs is 1. The van der Waals surface area contributed by atoms with E-state index in [9.17, 15) is 9.59 Å². The molecule has 1 heterocycles. The Morgan fingerprint density at radius 3 is 2.15 bits per heavy atom. The van der Waals surface area contributed by atoms with Crippen molar-refractivity contribution in [2.24, 2.45) is 0 Å². The molecule has 0 saturated carbocycles. The fourth-order valence-corrected chi connectivity index (χ4v) is 3.56. The lowest BCUT2D eigenvalue weighted by atomic mass is 10.1. The highest BCUT2D eigenvalue weighted by Crippen LogP contribution is 2.32. The molecule has 0 N–H and O–H groups in total. The maximum atomic E-state index is 13.3. The molecule has 0 amide bonds. The van der Waals surface area contributed by atoms with Gasteiger partial charge in [-0.25, -0.2) is 9.59 Å². The number of para-hydroxylation sites is 2. The fraction of sp³-hybridized carbons (Fsp3) is 0.214. The molecular formula is C28H27NO5. The van der Waals surface area contributed by atoms with Gasteiger partial charge >= 0.3 is 12.1 Å². The molecule has 6 nitrogen and oxygen atoms in total. The number of rotatable bonds is 6. The van der Waals surface area contributed by atoms with Crippen LogP contribution in [-0.2, 0) is 20.9 Å². The zero-order chi connectivity index (χ0) is 24.1. The minimum atomic E-state index is -1.08. The second-order valence-corrected chi connectivity index (χ2v) is 8.86. The van der Waals surface area contributed by atoms with E-state index < -0.39 is 23.8 Å². The summed E-state index contributed by atoms with van der Waals surface area (Å²) in [6.45, 7) is 5.53. The molecule has 1 aromatic heterocycles. The lowest BCUT2D eigenvalue weighted by Gasteiger charge is -2.20. The zero-order valence-corrected chi connectivity index (χ0v) is 19.4. The summed E-state index contributed by atoms with van der Waals surface area (Å²) < 4.78 is 18.7. The van der Waals surface area contributed by atoms with Crippen molar-refractivity contribution < 1.29 is 23.8 Å². The van der Waals surface area contributed by atoms with Gasteiger partial charge in [-0.3, -0.25) is 4.57 Å². The Balaban J connectivity index is 1.72. The van der Waals surface area contributed by atoms with E-state index in [4.69, 9.17) is 14.2 Å². The summed E-state index contributed by atoms with van der Waals surface area (Å²) in [6, 6.07) is 25.8. The van der Waals surface area contributed by atoms with Gasteiger partial charge < -0.3 is 14.2 Å². The third-order valence-electron chi connectivity index (χ3n) is 5.05. The van der Waals surface area contributed by atoms with E-state index in [2.05, 4.69) is 0 Å². The first-order valence-electron chi connectivity index (χ1n) is 11.1. The highest BCUT2D eigenvalue weighted by Gasteiger charge is 2.30. The summed E-state index contributed by atoms with van der Waals surface area (Å²) in [5.74, 6) is -0.0435. The summed E-state index contributed by atoms with van der Waals surface area (Å²) in [4.78, 5) is 26.2. The van der Waals surface area contributed by atoms with Gasteiger partial charge in [0.15, 0.2) is 0 Å². The predicted octanol–water partition coefficient (Wildman–Crippen LogP) is 6.29. The molecule has 0 spiro atoms. The van der Waals surface area contributed by atoms with E-state index in [-0.39, 0.29) is 6.61 Å². The third kappa shape index (κ3) is 5.46. The van der Waals surface area contributed by atoms with Crippen molar-refractivity contribution in [3.05, 3.63) is 102 Å². The van der Waals surface area contributed by atoms with Crippen molar-refractivity contribution in [3.63, 3.8) is 0 Å². The average Bonchev–Trinajstić information content (AvgIpc) is 3.21. The van der Waals surface area contributed by atoms with Crippen LogP contribution in [0.4, 0.5) is 4.79 Å². The van der Waals surface area contributed by atoms with E-state index in [1.165, 1.54) is 4.57 Å². The number of nitrogens with zero attached hydrogens (tertiary/aromatic N) is 1. The van der Waals surface area contributed by atoms with Gasteiger partial charge in [-0.1, -0.05) is 66.7 Å². The number of esters is 1. The van der Waals surface area contributed by atoms with Crippen LogP contribution in [-0.4, -0.2) is 22.2 Å². The van der Waals surface area contributed by atoms with E-state index in [0.717, 1.165) is 5.56 Å². The minimum Gasteiger partial charge on any atom is -0.474 e. The topological polar surface area (TPSA) is 66.8 Å². The number of carbonyl (C=O) groups is 2. The van der Waals surface area contributed by atoms with E-state index >= 15 is 0 Å². The Hall–Kier alpha value is -4.06. The minimum absolute atomic E-state index is 0.110. The highest BCUT2D eigenvalue weighted by molar-refractivity contribution is 5.95. The van der Waals surface area contributed by atoms with Gasteiger partial charge in [0, 0.05) is 17.1 Å². The molecule has 0 fully saturated rings. The van der Waals surface area contributed by atoms with Crippen molar-refractivity contribution >= 4 is 23.0 Å². The van der Waals surface area contributed by atoms with Crippen molar-refractivity contribution in [2.75, 3.05) is 0 Å². The molecule has 4 rings (SSSR count). The Labute approximate surface area is 198 Å². The summed E-state index contributed by atoms with van der Waals surface area (Å²) in [7, 11) is 0. The molecule has 0 aliphatic heterocycles. The van der Waals surface area contributed by atoms with Gasteiger partial charge in [0.2, 0.25) is 6.10 Å². The number of hydrogen-bond donors (Lipinski definition) is 0. The predicted molar refractivity (Wildman–Crippen MR) is 130 cm³/mol. The standard InChI is InChI=1S/C28H27NO5/c1-28(2,3)34-27(31)29-18-23(22-16-10-11-17-24(22)29)25(33-21-14-8-5-9-15-21)26(30)32-19-20-12-6-4-7-13-20/h4-18,25H,19H2,1-3H3. The van der Waals surface area contributed by atoms with Crippen LogP contribution in [0.25, 0.3) is 10.9 Å². The van der Waals surface area contributed by atoms with Crippen LogP contribution >= 0.6 is 0 Å². The van der Waals surface area contributed by atoms with E-state index in [1.54, 1.807) is 45.2 Å². The lowest BCUT2D eigenvalue weighted by Crippen LogP contribution is -2.27. The number of aromatic nitrogens is 1. The van der Waals surface area contributed by atoms with Gasteiger partial charge in [-0.15, -0.1) is 0 Å². The molecule has 34 heavy (non-hydrogen) atoms. The Bertz CT molecular complexity index is 1270. The van der Waals surface area contributed by atoms with Crippen LogP contribution in [0.1, 0.15) is 38.0 Å². The van der Waals surface area contributed by atoms with Crippen LogP contribution in [0.2, 0.25) is 0 Å². The van der Waals surface area contributed by atoms with Crippen molar-refractivity contribution in [2.45, 2.75) is 39.1 Å². The lowest BCUT2D eigenvalue weighted by molar-refractivity contribution is -0.153. The van der Waals surface area contributed by atoms with Crippen LogP contribution in [0.3, 0.4) is 0 Å². The first-order chi connectivity index (χ1) is 16.3. The molecule has 174 valence electrons. The maximum absolute atomic E-state index is 13.3. The smallest absolute Gasteiger partial charge is 0.419 e. The van der Waals surface area contributed by atoms with Gasteiger partial charge in [0.05, 0.1) is 5.52 Å². The molecule has 0 radical (unpaired) electrons. The first-order valence-corrected chi connectivity index (χ1v) is 11.1. The zero-order valence-electron chi connectivity index (χ0n) is 19.4. The molecule has 1 atom stereocenters. The van der Waals surface area contributed by atoms with Crippen LogP contribution in [0.15, 0.2) is 91.1 Å². The SMILES string of the molecule is CC(C)(C)OC(=O)n1cc(C(Oc2ccccc2)C(=O)OCc2ccccc2)c2ccccc21. The number of benzene rings is 3. The van der Waals surface area contributed by atoms with Crippen LogP contribution in [0, 0.1) is 0 Å². The Morgan fingerprint density at radius 2 is 1.47 bits per heavy atom. The van der Waals surface area contributed by atoms with Crippen LogP contribution in [0.5, 0.6) is 5.75 Å². The highest BCUT2D eigenvalue weighted by atomic mass is 16.6. The quantitative estimate of drug-likeness (QED) is 0.318. The molecule has 0 saturated heterocycles. The molecule has 0 aliphatic carbocycles. The Morgan fingerprint density at radius 1 is 0.853 bits per heavy atom. The number of ether oxygens (including phenoxy) is 3.